The first-order chi connectivity index (χ1) is 13.0. The second kappa shape index (κ2) is 8.79. The maximum absolute atomic E-state index is 5.74. The molecule has 0 spiro atoms. The van der Waals surface area contributed by atoms with Crippen molar-refractivity contribution in [3.63, 3.8) is 0 Å². The second-order valence-corrected chi connectivity index (χ2v) is 7.09. The molecular weight excluding hydrogens is 378 g/mol. The number of nitrogens with one attached hydrogen (secondary N) is 3. The zero-order valence-electron chi connectivity index (χ0n) is 15.0. The lowest BCUT2D eigenvalue weighted by atomic mass is 10.0. The van der Waals surface area contributed by atoms with Gasteiger partial charge in [0.2, 0.25) is 0 Å². The molecule has 0 aliphatic heterocycles. The number of rotatable bonds is 5. The van der Waals surface area contributed by atoms with Crippen LogP contribution in [0.3, 0.4) is 0 Å². The molecule has 0 bridgehead atoms. The van der Waals surface area contributed by atoms with E-state index < -0.39 is 0 Å². The van der Waals surface area contributed by atoms with Crippen LogP contribution in [0.25, 0.3) is 0 Å². The first-order valence-electron chi connectivity index (χ1n) is 8.54. The lowest BCUT2D eigenvalue weighted by Gasteiger charge is -2.12. The highest BCUT2D eigenvalue weighted by Crippen LogP contribution is 2.19. The van der Waals surface area contributed by atoms with Crippen LogP contribution in [-0.4, -0.2) is 15.3 Å². The van der Waals surface area contributed by atoms with E-state index in [1.165, 1.54) is 5.56 Å². The quantitative estimate of drug-likeness (QED) is 0.472. The Morgan fingerprint density at radius 2 is 1.37 bits per heavy atom. The summed E-state index contributed by atoms with van der Waals surface area (Å²) in [4.78, 5) is 0. The monoisotopic (exact) mass is 397 g/mol. The molecule has 0 amide bonds. The number of hydrogen-bond donors (Lipinski definition) is 3. The van der Waals surface area contributed by atoms with E-state index in [2.05, 4.69) is 52.1 Å². The molecule has 138 valence electrons. The molecule has 3 aromatic rings. The number of hydrogen-bond acceptors (Lipinski definition) is 4. The Hall–Kier alpha value is -2.70. The van der Waals surface area contributed by atoms with Crippen LogP contribution >= 0.6 is 23.8 Å². The highest BCUT2D eigenvalue weighted by molar-refractivity contribution is 7.80. The molecule has 0 fully saturated rings. The van der Waals surface area contributed by atoms with Crippen LogP contribution in [-0.2, 0) is 0 Å². The molecule has 5 nitrogen and oxygen atoms in total. The topological polar surface area (TPSA) is 61.9 Å². The minimum absolute atomic E-state index is 0.361. The fourth-order valence-electron chi connectivity index (χ4n) is 2.41. The maximum Gasteiger partial charge on any atom is 0.175 e. The lowest BCUT2D eigenvalue weighted by Crippen LogP contribution is -2.19. The van der Waals surface area contributed by atoms with Crippen molar-refractivity contribution in [2.75, 3.05) is 16.0 Å². The van der Waals surface area contributed by atoms with E-state index in [1.807, 2.05) is 36.4 Å². The van der Waals surface area contributed by atoms with E-state index in [0.717, 1.165) is 17.1 Å². The minimum atomic E-state index is 0.361. The van der Waals surface area contributed by atoms with E-state index in [4.69, 9.17) is 23.8 Å². The van der Waals surface area contributed by atoms with Crippen LogP contribution in [0.4, 0.5) is 22.9 Å². The van der Waals surface area contributed by atoms with Crippen molar-refractivity contribution in [2.24, 2.45) is 0 Å². The van der Waals surface area contributed by atoms with Gasteiger partial charge in [-0.3, -0.25) is 0 Å². The third-order valence-electron chi connectivity index (χ3n) is 3.88. The average Bonchev–Trinajstić information content (AvgIpc) is 2.65. The second-order valence-electron chi connectivity index (χ2n) is 6.30. The predicted octanol–water partition coefficient (Wildman–Crippen LogP) is 5.81. The first kappa shape index (κ1) is 19.1. The van der Waals surface area contributed by atoms with Crippen molar-refractivity contribution < 1.29 is 0 Å². The standard InChI is InChI=1S/C20H20ClN5S/c1-13(2)14-3-5-16(6-4-14)23-20(27)24-17-9-7-15(8-10-17)22-19-12-11-18(21)25-26-19/h3-13H,1-2H3,(H,22,26)(H2,23,24,27). The minimum Gasteiger partial charge on any atom is -0.339 e. The molecule has 2 aromatic carbocycles. The fraction of sp³-hybridized carbons (Fsp3) is 0.150. The van der Waals surface area contributed by atoms with Crippen LogP contribution in [0.2, 0.25) is 5.15 Å². The zero-order chi connectivity index (χ0) is 19.2. The van der Waals surface area contributed by atoms with Crippen molar-refractivity contribution in [3.8, 4) is 0 Å². The van der Waals surface area contributed by atoms with E-state index in [-0.39, 0.29) is 0 Å². The summed E-state index contributed by atoms with van der Waals surface area (Å²) >= 11 is 11.1. The van der Waals surface area contributed by atoms with Gasteiger partial charge in [-0.15, -0.1) is 10.2 Å². The van der Waals surface area contributed by atoms with Gasteiger partial charge in [0, 0.05) is 17.1 Å². The van der Waals surface area contributed by atoms with E-state index in [0.29, 0.717) is 22.0 Å². The Labute approximate surface area is 169 Å². The molecule has 0 unspecified atom stereocenters. The van der Waals surface area contributed by atoms with Gasteiger partial charge in [0.25, 0.3) is 0 Å². The van der Waals surface area contributed by atoms with Gasteiger partial charge in [0.05, 0.1) is 0 Å². The molecule has 3 N–H and O–H groups in total. The normalized spacial score (nSPS) is 10.5. The summed E-state index contributed by atoms with van der Waals surface area (Å²) in [5, 5.41) is 18.2. The first-order valence-corrected chi connectivity index (χ1v) is 9.32. The van der Waals surface area contributed by atoms with E-state index in [1.54, 1.807) is 12.1 Å². The van der Waals surface area contributed by atoms with Crippen LogP contribution in [0.1, 0.15) is 25.3 Å². The van der Waals surface area contributed by atoms with Crippen molar-refractivity contribution in [2.45, 2.75) is 19.8 Å². The molecule has 1 aromatic heterocycles. The van der Waals surface area contributed by atoms with Gasteiger partial charge in [0.1, 0.15) is 0 Å². The summed E-state index contributed by atoms with van der Waals surface area (Å²) < 4.78 is 0. The van der Waals surface area contributed by atoms with Crippen molar-refractivity contribution in [3.05, 3.63) is 71.4 Å². The molecule has 0 atom stereocenters. The van der Waals surface area contributed by atoms with Crippen LogP contribution in [0, 0.1) is 0 Å². The summed E-state index contributed by atoms with van der Waals surface area (Å²) in [5.74, 6) is 1.14. The summed E-state index contributed by atoms with van der Waals surface area (Å²) in [6.07, 6.45) is 0. The van der Waals surface area contributed by atoms with E-state index in [9.17, 15) is 0 Å². The van der Waals surface area contributed by atoms with Gasteiger partial charge in [-0.25, -0.2) is 0 Å². The third kappa shape index (κ3) is 5.64. The Balaban J connectivity index is 1.55. The number of halogens is 1. The lowest BCUT2D eigenvalue weighted by molar-refractivity contribution is 0.867. The zero-order valence-corrected chi connectivity index (χ0v) is 16.6. The summed E-state index contributed by atoms with van der Waals surface area (Å²) in [6, 6.07) is 19.5. The Morgan fingerprint density at radius 3 is 1.89 bits per heavy atom. The number of anilines is 4. The largest absolute Gasteiger partial charge is 0.339 e. The predicted molar refractivity (Wildman–Crippen MR) is 117 cm³/mol. The molecule has 0 radical (unpaired) electrons. The Bertz CT molecular complexity index is 893. The third-order valence-corrected chi connectivity index (χ3v) is 4.29. The van der Waals surface area contributed by atoms with Crippen LogP contribution in [0.15, 0.2) is 60.7 Å². The summed E-state index contributed by atoms with van der Waals surface area (Å²) in [5.41, 5.74) is 4.03. The smallest absolute Gasteiger partial charge is 0.175 e. The van der Waals surface area contributed by atoms with Gasteiger partial charge < -0.3 is 16.0 Å². The van der Waals surface area contributed by atoms with Crippen molar-refractivity contribution in [1.29, 1.82) is 0 Å². The number of benzene rings is 2. The summed E-state index contributed by atoms with van der Waals surface area (Å²) in [7, 11) is 0. The summed E-state index contributed by atoms with van der Waals surface area (Å²) in [6.45, 7) is 4.35. The number of aromatic nitrogens is 2. The Morgan fingerprint density at radius 1 is 0.815 bits per heavy atom. The highest BCUT2D eigenvalue weighted by Gasteiger charge is 2.02. The maximum atomic E-state index is 5.74. The molecular formula is C20H20ClN5S. The van der Waals surface area contributed by atoms with Crippen molar-refractivity contribution in [1.82, 2.24) is 10.2 Å². The van der Waals surface area contributed by atoms with Gasteiger partial charge in [-0.2, -0.15) is 0 Å². The van der Waals surface area contributed by atoms with Gasteiger partial charge in [-0.1, -0.05) is 37.6 Å². The molecule has 7 heteroatoms. The van der Waals surface area contributed by atoms with Crippen LogP contribution in [0.5, 0.6) is 0 Å². The van der Waals surface area contributed by atoms with Gasteiger partial charge >= 0.3 is 0 Å². The van der Waals surface area contributed by atoms with Crippen molar-refractivity contribution >= 4 is 51.8 Å². The molecule has 0 aliphatic carbocycles. The number of thiocarbonyl (C=S) groups is 1. The fourth-order valence-corrected chi connectivity index (χ4v) is 2.75. The van der Waals surface area contributed by atoms with E-state index >= 15 is 0 Å². The SMILES string of the molecule is CC(C)c1ccc(NC(=S)Nc2ccc(Nc3ccc(Cl)nn3)cc2)cc1. The molecule has 0 aliphatic rings. The average molecular weight is 398 g/mol. The van der Waals surface area contributed by atoms with Gasteiger partial charge in [0.15, 0.2) is 16.1 Å². The number of nitrogens with zero attached hydrogens (tertiary/aromatic N) is 2. The Kier molecular flexibility index (Phi) is 6.21. The molecule has 3 rings (SSSR count). The highest BCUT2D eigenvalue weighted by atomic mass is 35.5. The van der Waals surface area contributed by atoms with Crippen LogP contribution < -0.4 is 16.0 Å². The van der Waals surface area contributed by atoms with Gasteiger partial charge in [-0.05, 0) is 72.2 Å². The molecule has 27 heavy (non-hydrogen) atoms. The molecule has 1 heterocycles. The molecule has 0 saturated carbocycles. The molecule has 0 saturated heterocycles.